The lowest BCUT2D eigenvalue weighted by Gasteiger charge is -2.34. The van der Waals surface area contributed by atoms with Gasteiger partial charge in [0.1, 0.15) is 8.07 Å². The van der Waals surface area contributed by atoms with E-state index in [4.69, 9.17) is 4.84 Å². The molecule has 0 amide bonds. The molecule has 44 heavy (non-hydrogen) atoms. The van der Waals surface area contributed by atoms with E-state index in [1.807, 2.05) is 7.05 Å². The average molecular weight is 628 g/mol. The monoisotopic (exact) mass is 628 g/mol. The van der Waals surface area contributed by atoms with Gasteiger partial charge in [0.2, 0.25) is 0 Å². The molecule has 0 atom stereocenters. The first-order valence-corrected chi connectivity index (χ1v) is 20.1. The first-order valence-electron chi connectivity index (χ1n) is 16.6. The highest BCUT2D eigenvalue weighted by atomic mass is 28.3. The van der Waals surface area contributed by atoms with Gasteiger partial charge in [0.25, 0.3) is 0 Å². The van der Waals surface area contributed by atoms with Crippen molar-refractivity contribution < 1.29 is 4.84 Å². The molecule has 4 nitrogen and oxygen atoms in total. The van der Waals surface area contributed by atoms with Gasteiger partial charge in [-0.25, -0.2) is 0 Å². The molecule has 0 aromatic carbocycles. The summed E-state index contributed by atoms with van der Waals surface area (Å²) in [5.74, 6) is 5.24. The second-order valence-corrected chi connectivity index (χ2v) is 19.3. The molecule has 0 aromatic heterocycles. The van der Waals surface area contributed by atoms with Gasteiger partial charge in [-0.15, -0.1) is 5.54 Å². The van der Waals surface area contributed by atoms with Crippen molar-refractivity contribution in [3.8, 4) is 11.5 Å². The minimum absolute atomic E-state index is 0. The predicted octanol–water partition coefficient (Wildman–Crippen LogP) is 9.67. The van der Waals surface area contributed by atoms with E-state index in [9.17, 15) is 0 Å². The van der Waals surface area contributed by atoms with Crippen LogP contribution in [0.4, 0.5) is 0 Å². The Kier molecular flexibility index (Phi) is 24.8. The van der Waals surface area contributed by atoms with Gasteiger partial charge in [-0.3, -0.25) is 9.80 Å². The highest BCUT2D eigenvalue weighted by Crippen LogP contribution is 2.27. The molecule has 1 saturated carbocycles. The molecule has 1 aliphatic heterocycles. The van der Waals surface area contributed by atoms with Crippen molar-refractivity contribution in [1.29, 1.82) is 0 Å². The summed E-state index contributed by atoms with van der Waals surface area (Å²) in [6.45, 7) is 39.0. The average Bonchev–Trinajstić information content (AvgIpc) is 3.73. The topological polar surface area (TPSA) is 19.0 Å². The van der Waals surface area contributed by atoms with Crippen molar-refractivity contribution in [1.82, 2.24) is 14.9 Å². The van der Waals surface area contributed by atoms with Crippen molar-refractivity contribution in [3.05, 3.63) is 60.8 Å². The molecule has 1 saturated heterocycles. The Balaban J connectivity index is 0. The maximum Gasteiger partial charge on any atom is 0.129 e. The smallest absolute Gasteiger partial charge is 0.129 e. The van der Waals surface area contributed by atoms with Crippen molar-refractivity contribution in [2.75, 3.05) is 53.4 Å². The van der Waals surface area contributed by atoms with E-state index >= 15 is 0 Å². The third-order valence-corrected chi connectivity index (χ3v) is 7.70. The maximum absolute atomic E-state index is 4.97. The summed E-state index contributed by atoms with van der Waals surface area (Å²) in [5, 5.41) is 1.76. The van der Waals surface area contributed by atoms with Crippen LogP contribution in [0, 0.1) is 29.2 Å². The zero-order chi connectivity index (χ0) is 33.0. The van der Waals surface area contributed by atoms with E-state index in [2.05, 4.69) is 126 Å². The van der Waals surface area contributed by atoms with Gasteiger partial charge in [-0.2, -0.15) is 5.06 Å². The second kappa shape index (κ2) is 24.5. The fourth-order valence-electron chi connectivity index (χ4n) is 4.57. The molecule has 0 aromatic rings. The largest absolute Gasteiger partial charge is 0.302 e. The van der Waals surface area contributed by atoms with Crippen molar-refractivity contribution in [3.63, 3.8) is 0 Å². The number of hydrogen-bond acceptors (Lipinski definition) is 4. The minimum Gasteiger partial charge on any atom is -0.302 e. The first kappa shape index (κ1) is 44.4. The van der Waals surface area contributed by atoms with Crippen LogP contribution in [0.15, 0.2) is 60.8 Å². The van der Waals surface area contributed by atoms with Gasteiger partial charge in [-0.1, -0.05) is 130 Å². The summed E-state index contributed by atoms with van der Waals surface area (Å²) < 4.78 is 0. The van der Waals surface area contributed by atoms with Crippen LogP contribution in [0.5, 0.6) is 0 Å². The van der Waals surface area contributed by atoms with Crippen LogP contribution in [-0.4, -0.2) is 82.4 Å². The second-order valence-electron chi connectivity index (χ2n) is 14.6. The fourth-order valence-corrected chi connectivity index (χ4v) is 5.12. The third kappa shape index (κ3) is 27.8. The zero-order valence-electron chi connectivity index (χ0n) is 30.3. The zero-order valence-corrected chi connectivity index (χ0v) is 31.3. The Morgan fingerprint density at radius 3 is 1.73 bits per heavy atom. The summed E-state index contributed by atoms with van der Waals surface area (Å²) in [6.07, 6.45) is 14.7. The molecule has 0 N–H and O–H groups in total. The molecular weight excluding hydrogens is 555 g/mol. The lowest BCUT2D eigenvalue weighted by Crippen LogP contribution is -2.47. The first-order chi connectivity index (χ1) is 20.0. The molecule has 0 bridgehead atoms. The number of hydroxylamine groups is 2. The van der Waals surface area contributed by atoms with Crippen LogP contribution in [-0.2, 0) is 4.84 Å². The summed E-state index contributed by atoms with van der Waals surface area (Å²) in [6, 6.07) is 0.938. The van der Waals surface area contributed by atoms with Gasteiger partial charge in [-0.05, 0) is 55.4 Å². The molecule has 1 heterocycles. The molecule has 0 radical (unpaired) electrons. The molecule has 0 spiro atoms. The van der Waals surface area contributed by atoms with Crippen LogP contribution in [0.2, 0.25) is 19.6 Å². The number of allylic oxidation sites excluding steroid dienone is 5. The molecule has 1 aliphatic carbocycles. The van der Waals surface area contributed by atoms with Crippen LogP contribution in [0.3, 0.4) is 0 Å². The van der Waals surface area contributed by atoms with Gasteiger partial charge < -0.3 is 4.84 Å². The lowest BCUT2D eigenvalue weighted by molar-refractivity contribution is -0.0992. The van der Waals surface area contributed by atoms with Crippen molar-refractivity contribution in [2.45, 2.75) is 107 Å². The number of nitrogens with zero attached hydrogens (tertiary/aromatic N) is 3. The number of rotatable bonds is 14. The molecule has 2 rings (SSSR count). The van der Waals surface area contributed by atoms with Crippen molar-refractivity contribution >= 4 is 8.07 Å². The van der Waals surface area contributed by atoms with Crippen LogP contribution in [0.1, 0.15) is 81.1 Å². The van der Waals surface area contributed by atoms with E-state index in [1.54, 1.807) is 12.2 Å². The minimum atomic E-state index is -1.19. The highest BCUT2D eigenvalue weighted by Gasteiger charge is 2.30. The maximum atomic E-state index is 4.97. The Hall–Kier alpha value is -1.68. The fraction of sp³-hybridized carbons (Fsp3) is 0.692. The molecule has 5 heteroatoms. The van der Waals surface area contributed by atoms with E-state index < -0.39 is 8.07 Å². The summed E-state index contributed by atoms with van der Waals surface area (Å²) in [5.41, 5.74) is 6.85. The predicted molar refractivity (Wildman–Crippen MR) is 203 cm³/mol. The molecule has 254 valence electrons. The van der Waals surface area contributed by atoms with Gasteiger partial charge in [0.05, 0.1) is 7.11 Å². The number of likely N-dealkylation sites (N-methyl/N-ethyl adjacent to an activating group) is 1. The number of piperazine rings is 1. The summed E-state index contributed by atoms with van der Waals surface area (Å²) in [7, 11) is 2.37. The van der Waals surface area contributed by atoms with Gasteiger partial charge in [0, 0.05) is 52.4 Å². The number of hydrogen-bond donors (Lipinski definition) is 0. The Morgan fingerprint density at radius 2 is 1.32 bits per heavy atom. The normalized spacial score (nSPS) is 15.9. The van der Waals surface area contributed by atoms with E-state index in [-0.39, 0.29) is 7.43 Å². The standard InChI is InChI=1S/C16H28N2.C11H21NO.C11H20Si.CH4/c1-14(2)13-15(3)5-4-8-17-9-11-18(12-10-17)16-6-7-16;1-10(2)9-11(3)7-6-8-12(4)13-5;1-10(2)9-11(3)7-8-12(4,5)6;/h4-5,14,16H,3,6-13H2,1-2H3;6-7,10H,3,8-9H2,1-2,4-5H3;10H,3,9H2,1-2,4-6H3;1H4/b5-4+;7-6+;;. The molecule has 0 unspecified atom stereocenters. The third-order valence-electron chi connectivity index (χ3n) is 6.82. The van der Waals surface area contributed by atoms with Crippen LogP contribution < -0.4 is 0 Å². The summed E-state index contributed by atoms with van der Waals surface area (Å²) in [4.78, 5) is 10.2. The Morgan fingerprint density at radius 1 is 0.841 bits per heavy atom. The quantitative estimate of drug-likeness (QED) is 0.0826. The summed E-state index contributed by atoms with van der Waals surface area (Å²) >= 11 is 0. The molecule has 2 aliphatic rings. The molecule has 2 fully saturated rings. The van der Waals surface area contributed by atoms with Crippen LogP contribution in [0.25, 0.3) is 0 Å². The van der Waals surface area contributed by atoms with Crippen LogP contribution >= 0.6 is 0 Å². The Bertz CT molecular complexity index is 917. The van der Waals surface area contributed by atoms with Crippen molar-refractivity contribution in [2.24, 2.45) is 17.8 Å². The SMILES string of the molecule is C.C=C(/C=C/CN(C)OC)CC(C)C.C=C(/C=C/CN1CCN(C2CC2)CC1)CC(C)C.C=C(C#C[Si](C)(C)C)CC(C)C. The van der Waals surface area contributed by atoms with Gasteiger partial charge >= 0.3 is 0 Å². The van der Waals surface area contributed by atoms with E-state index in [0.717, 1.165) is 44.0 Å². The lowest BCUT2D eigenvalue weighted by atomic mass is 10.0. The highest BCUT2D eigenvalue weighted by molar-refractivity contribution is 6.83. The molecular formula is C39H73N3OSi. The Labute approximate surface area is 277 Å². The van der Waals surface area contributed by atoms with E-state index in [0.29, 0.717) is 17.8 Å². The van der Waals surface area contributed by atoms with E-state index in [1.165, 1.54) is 50.2 Å². The van der Waals surface area contributed by atoms with Gasteiger partial charge in [0.15, 0.2) is 0 Å².